The molecule has 0 spiro atoms. The summed E-state index contributed by atoms with van der Waals surface area (Å²) in [6, 6.07) is 18.9. The predicted molar refractivity (Wildman–Crippen MR) is 118 cm³/mol. The van der Waals surface area contributed by atoms with Gasteiger partial charge in [0.1, 0.15) is 5.75 Å². The first kappa shape index (κ1) is 22.0. The fraction of sp³-hybridized carbons (Fsp3) is 0.0435. The van der Waals surface area contributed by atoms with Crippen LogP contribution in [-0.4, -0.2) is 30.2 Å². The van der Waals surface area contributed by atoms with Crippen molar-refractivity contribution in [3.05, 3.63) is 89.5 Å². The summed E-state index contributed by atoms with van der Waals surface area (Å²) < 4.78 is 5.46. The first-order valence-corrected chi connectivity index (χ1v) is 9.47. The Balaban J connectivity index is 1.64. The molecular weight excluding hydrogens is 412 g/mol. The van der Waals surface area contributed by atoms with Gasteiger partial charge in [0.05, 0.1) is 22.5 Å². The maximum absolute atomic E-state index is 12.6. The fourth-order valence-corrected chi connectivity index (χ4v) is 2.87. The van der Waals surface area contributed by atoms with Crippen LogP contribution < -0.4 is 26.8 Å². The van der Waals surface area contributed by atoms with E-state index in [0.717, 1.165) is 0 Å². The Morgan fingerprint density at radius 2 is 1.28 bits per heavy atom. The van der Waals surface area contributed by atoms with Crippen LogP contribution >= 0.6 is 0 Å². The molecule has 162 valence electrons. The topological polar surface area (TPSA) is 154 Å². The van der Waals surface area contributed by atoms with E-state index in [0.29, 0.717) is 0 Å². The standard InChI is InChI=1S/C23H20N4O5/c24-21(29)16-8-1-3-10-18(16)26-20(28)13-32-15-7-5-6-14(12-15)23(31)27-19-11-4-2-9-17(19)22(25)30/h1-12H,13H2,(H2,24,29)(H2,25,30)(H,26,28)(H,27,31). The third-order valence-electron chi connectivity index (χ3n) is 4.37. The second-order valence-electron chi connectivity index (χ2n) is 6.64. The van der Waals surface area contributed by atoms with E-state index in [4.69, 9.17) is 16.2 Å². The van der Waals surface area contributed by atoms with Gasteiger partial charge in [-0.15, -0.1) is 0 Å². The van der Waals surface area contributed by atoms with E-state index in [9.17, 15) is 19.2 Å². The van der Waals surface area contributed by atoms with Gasteiger partial charge in [0.2, 0.25) is 0 Å². The number of para-hydroxylation sites is 2. The highest BCUT2D eigenvalue weighted by Gasteiger charge is 2.14. The fourth-order valence-electron chi connectivity index (χ4n) is 2.87. The van der Waals surface area contributed by atoms with Crippen LogP contribution in [0.2, 0.25) is 0 Å². The molecule has 0 unspecified atom stereocenters. The Hall–Kier alpha value is -4.66. The van der Waals surface area contributed by atoms with Crippen LogP contribution in [0.4, 0.5) is 11.4 Å². The molecule has 0 saturated heterocycles. The van der Waals surface area contributed by atoms with Crippen molar-refractivity contribution in [2.75, 3.05) is 17.2 Å². The van der Waals surface area contributed by atoms with E-state index in [1.165, 1.54) is 18.2 Å². The van der Waals surface area contributed by atoms with E-state index in [-0.39, 0.29) is 40.4 Å². The van der Waals surface area contributed by atoms with E-state index in [2.05, 4.69) is 10.6 Å². The van der Waals surface area contributed by atoms with Crippen molar-refractivity contribution >= 4 is 35.0 Å². The molecule has 0 aromatic heterocycles. The van der Waals surface area contributed by atoms with Crippen molar-refractivity contribution in [2.24, 2.45) is 11.5 Å². The molecule has 0 bridgehead atoms. The molecule has 0 fully saturated rings. The van der Waals surface area contributed by atoms with Crippen LogP contribution in [0, 0.1) is 0 Å². The first-order chi connectivity index (χ1) is 15.3. The average molecular weight is 432 g/mol. The van der Waals surface area contributed by atoms with Gasteiger partial charge in [0.15, 0.2) is 6.61 Å². The summed E-state index contributed by atoms with van der Waals surface area (Å²) in [6.07, 6.45) is 0. The van der Waals surface area contributed by atoms with Gasteiger partial charge in [0, 0.05) is 5.56 Å². The van der Waals surface area contributed by atoms with Crippen molar-refractivity contribution in [3.63, 3.8) is 0 Å². The number of nitrogens with one attached hydrogen (secondary N) is 2. The molecule has 0 aliphatic rings. The summed E-state index contributed by atoms with van der Waals surface area (Å²) in [7, 11) is 0. The van der Waals surface area contributed by atoms with Crippen molar-refractivity contribution in [3.8, 4) is 5.75 Å². The molecule has 0 heterocycles. The number of hydrogen-bond acceptors (Lipinski definition) is 5. The monoisotopic (exact) mass is 432 g/mol. The molecule has 0 radical (unpaired) electrons. The minimum atomic E-state index is -0.668. The summed E-state index contributed by atoms with van der Waals surface area (Å²) in [4.78, 5) is 47.8. The Morgan fingerprint density at radius 3 is 1.88 bits per heavy atom. The van der Waals surface area contributed by atoms with Gasteiger partial charge in [-0.3, -0.25) is 19.2 Å². The van der Waals surface area contributed by atoms with Crippen LogP contribution in [0.3, 0.4) is 0 Å². The van der Waals surface area contributed by atoms with E-state index < -0.39 is 23.6 Å². The number of carbonyl (C=O) groups excluding carboxylic acids is 4. The summed E-state index contributed by atoms with van der Waals surface area (Å²) in [6.45, 7) is -0.358. The predicted octanol–water partition coefficient (Wildman–Crippen LogP) is 2.15. The van der Waals surface area contributed by atoms with E-state index >= 15 is 0 Å². The maximum atomic E-state index is 12.6. The summed E-state index contributed by atoms with van der Waals surface area (Å²) >= 11 is 0. The molecular formula is C23H20N4O5. The van der Waals surface area contributed by atoms with E-state index in [1.54, 1.807) is 54.6 Å². The van der Waals surface area contributed by atoms with Gasteiger partial charge in [-0.25, -0.2) is 0 Å². The second-order valence-corrected chi connectivity index (χ2v) is 6.64. The number of nitrogens with two attached hydrogens (primary N) is 2. The first-order valence-electron chi connectivity index (χ1n) is 9.47. The number of benzene rings is 3. The number of rotatable bonds is 8. The molecule has 9 nitrogen and oxygen atoms in total. The van der Waals surface area contributed by atoms with Gasteiger partial charge in [-0.1, -0.05) is 30.3 Å². The molecule has 32 heavy (non-hydrogen) atoms. The minimum Gasteiger partial charge on any atom is -0.484 e. The van der Waals surface area contributed by atoms with Crippen molar-refractivity contribution < 1.29 is 23.9 Å². The van der Waals surface area contributed by atoms with Gasteiger partial charge >= 0.3 is 0 Å². The zero-order valence-corrected chi connectivity index (χ0v) is 16.8. The highest BCUT2D eigenvalue weighted by molar-refractivity contribution is 6.09. The van der Waals surface area contributed by atoms with Gasteiger partial charge in [-0.2, -0.15) is 0 Å². The largest absolute Gasteiger partial charge is 0.484 e. The third-order valence-corrected chi connectivity index (χ3v) is 4.37. The Morgan fingerprint density at radius 1 is 0.719 bits per heavy atom. The highest BCUT2D eigenvalue weighted by atomic mass is 16.5. The Labute approximate surface area is 183 Å². The van der Waals surface area contributed by atoms with E-state index in [1.807, 2.05) is 0 Å². The smallest absolute Gasteiger partial charge is 0.262 e. The molecule has 6 N–H and O–H groups in total. The molecule has 0 aliphatic carbocycles. The van der Waals surface area contributed by atoms with Crippen molar-refractivity contribution in [1.29, 1.82) is 0 Å². The summed E-state index contributed by atoms with van der Waals surface area (Å²) in [5, 5.41) is 5.19. The molecule has 0 aliphatic heterocycles. The molecule has 4 amide bonds. The van der Waals surface area contributed by atoms with Crippen LogP contribution in [0.5, 0.6) is 5.75 Å². The SMILES string of the molecule is NC(=O)c1ccccc1NC(=O)COc1cccc(C(=O)Nc2ccccc2C(N)=O)c1. The average Bonchev–Trinajstić information content (AvgIpc) is 2.78. The molecule has 3 rings (SSSR count). The van der Waals surface area contributed by atoms with Gasteiger partial charge < -0.3 is 26.8 Å². The lowest BCUT2D eigenvalue weighted by Crippen LogP contribution is -2.23. The number of ether oxygens (including phenoxy) is 1. The third kappa shape index (κ3) is 5.48. The lowest BCUT2D eigenvalue weighted by molar-refractivity contribution is -0.118. The van der Waals surface area contributed by atoms with Crippen molar-refractivity contribution in [1.82, 2.24) is 0 Å². The number of primary amides is 2. The number of hydrogen-bond donors (Lipinski definition) is 4. The zero-order chi connectivity index (χ0) is 23.1. The molecule has 3 aromatic rings. The number of carbonyl (C=O) groups is 4. The number of amides is 4. The zero-order valence-electron chi connectivity index (χ0n) is 16.8. The molecule has 3 aromatic carbocycles. The minimum absolute atomic E-state index is 0.177. The van der Waals surface area contributed by atoms with Crippen molar-refractivity contribution in [2.45, 2.75) is 0 Å². The van der Waals surface area contributed by atoms with Crippen LogP contribution in [0.25, 0.3) is 0 Å². The quantitative estimate of drug-likeness (QED) is 0.429. The molecule has 9 heteroatoms. The van der Waals surface area contributed by atoms with Gasteiger partial charge in [0.25, 0.3) is 23.6 Å². The lowest BCUT2D eigenvalue weighted by Gasteiger charge is -2.11. The van der Waals surface area contributed by atoms with Crippen LogP contribution in [0.1, 0.15) is 31.1 Å². The molecule has 0 atom stereocenters. The lowest BCUT2D eigenvalue weighted by atomic mass is 10.1. The van der Waals surface area contributed by atoms with Gasteiger partial charge in [-0.05, 0) is 42.5 Å². The van der Waals surface area contributed by atoms with Crippen LogP contribution in [0.15, 0.2) is 72.8 Å². The summed E-state index contributed by atoms with van der Waals surface area (Å²) in [5.74, 6) is -2.05. The Bertz CT molecular complexity index is 1190. The summed E-state index contributed by atoms with van der Waals surface area (Å²) in [5.41, 5.74) is 11.8. The molecule has 0 saturated carbocycles. The normalized spacial score (nSPS) is 10.1. The maximum Gasteiger partial charge on any atom is 0.262 e. The highest BCUT2D eigenvalue weighted by Crippen LogP contribution is 2.19. The second kappa shape index (κ2) is 9.90. The Kier molecular flexibility index (Phi) is 6.81. The number of anilines is 2. The van der Waals surface area contributed by atoms with Crippen LogP contribution in [-0.2, 0) is 4.79 Å².